The quantitative estimate of drug-likeness (QED) is 0.582. The first-order valence-corrected chi connectivity index (χ1v) is 5.20. The van der Waals surface area contributed by atoms with E-state index in [2.05, 4.69) is 15.5 Å². The van der Waals surface area contributed by atoms with Crippen LogP contribution in [0, 0.1) is 0 Å². The lowest BCUT2D eigenvalue weighted by molar-refractivity contribution is 0.0879. The molecule has 0 bridgehead atoms. The fourth-order valence-electron chi connectivity index (χ4n) is 1.50. The van der Waals surface area contributed by atoms with Crippen molar-refractivity contribution in [2.24, 2.45) is 0 Å². The number of H-pyrrole nitrogens is 1. The van der Waals surface area contributed by atoms with Crippen molar-refractivity contribution in [3.05, 3.63) is 30.0 Å². The predicted molar refractivity (Wildman–Crippen MR) is 61.5 cm³/mol. The van der Waals surface area contributed by atoms with Crippen LogP contribution in [0.2, 0.25) is 0 Å². The summed E-state index contributed by atoms with van der Waals surface area (Å²) in [6.07, 6.45) is 1.63. The highest BCUT2D eigenvalue weighted by atomic mass is 16.3. The number of aromatic amines is 1. The van der Waals surface area contributed by atoms with Gasteiger partial charge in [0.25, 0.3) is 5.91 Å². The summed E-state index contributed by atoms with van der Waals surface area (Å²) in [7, 11) is 0. The SMILES string of the molecule is O=C(NC(CO)CO)c1ccc2[nH]ncc2c1. The Bertz CT molecular complexity index is 519. The summed E-state index contributed by atoms with van der Waals surface area (Å²) in [5.74, 6) is -0.332. The van der Waals surface area contributed by atoms with E-state index in [0.29, 0.717) is 5.56 Å². The number of carbonyl (C=O) groups excluding carboxylic acids is 1. The Morgan fingerprint density at radius 2 is 2.18 bits per heavy atom. The van der Waals surface area contributed by atoms with Crippen molar-refractivity contribution in [1.82, 2.24) is 15.5 Å². The van der Waals surface area contributed by atoms with Gasteiger partial charge in [-0.1, -0.05) is 0 Å². The lowest BCUT2D eigenvalue weighted by Crippen LogP contribution is -2.40. The number of nitrogens with zero attached hydrogens (tertiary/aromatic N) is 1. The van der Waals surface area contributed by atoms with Gasteiger partial charge in [-0.15, -0.1) is 0 Å². The van der Waals surface area contributed by atoms with Crippen LogP contribution in [-0.2, 0) is 0 Å². The van der Waals surface area contributed by atoms with Crippen LogP contribution in [0.25, 0.3) is 10.9 Å². The second-order valence-electron chi connectivity index (χ2n) is 3.71. The number of aliphatic hydroxyl groups is 2. The minimum atomic E-state index is -0.637. The minimum absolute atomic E-state index is 0.295. The summed E-state index contributed by atoms with van der Waals surface area (Å²) in [6, 6.07) is 4.47. The number of benzene rings is 1. The molecule has 0 atom stereocenters. The fraction of sp³-hybridized carbons (Fsp3) is 0.273. The zero-order valence-corrected chi connectivity index (χ0v) is 9.05. The fourth-order valence-corrected chi connectivity index (χ4v) is 1.50. The van der Waals surface area contributed by atoms with Crippen molar-refractivity contribution >= 4 is 16.8 Å². The van der Waals surface area contributed by atoms with Crippen molar-refractivity contribution < 1.29 is 15.0 Å². The van der Waals surface area contributed by atoms with E-state index in [1.54, 1.807) is 24.4 Å². The van der Waals surface area contributed by atoms with Gasteiger partial charge < -0.3 is 15.5 Å². The molecule has 0 aliphatic carbocycles. The summed E-state index contributed by atoms with van der Waals surface area (Å²) in [5.41, 5.74) is 1.31. The van der Waals surface area contributed by atoms with E-state index < -0.39 is 6.04 Å². The molecule has 0 unspecified atom stereocenters. The molecule has 1 aromatic carbocycles. The number of amides is 1. The van der Waals surface area contributed by atoms with Crippen molar-refractivity contribution in [2.75, 3.05) is 13.2 Å². The molecule has 0 aliphatic heterocycles. The van der Waals surface area contributed by atoms with E-state index in [1.807, 2.05) is 0 Å². The molecule has 1 aromatic heterocycles. The molecule has 2 aromatic rings. The highest BCUT2D eigenvalue weighted by Gasteiger charge is 2.12. The average molecular weight is 235 g/mol. The zero-order chi connectivity index (χ0) is 12.3. The van der Waals surface area contributed by atoms with Gasteiger partial charge in [-0.3, -0.25) is 9.89 Å². The van der Waals surface area contributed by atoms with Gasteiger partial charge in [0.15, 0.2) is 0 Å². The molecule has 0 aliphatic rings. The molecule has 0 spiro atoms. The number of aliphatic hydroxyl groups excluding tert-OH is 2. The van der Waals surface area contributed by atoms with Crippen molar-refractivity contribution in [2.45, 2.75) is 6.04 Å². The number of fused-ring (bicyclic) bond motifs is 1. The number of carbonyl (C=O) groups is 1. The van der Waals surface area contributed by atoms with Crippen molar-refractivity contribution in [3.63, 3.8) is 0 Å². The molecule has 0 fully saturated rings. The summed E-state index contributed by atoms with van der Waals surface area (Å²) in [4.78, 5) is 11.8. The van der Waals surface area contributed by atoms with Crippen LogP contribution in [0.4, 0.5) is 0 Å². The maximum Gasteiger partial charge on any atom is 0.251 e. The minimum Gasteiger partial charge on any atom is -0.394 e. The Hall–Kier alpha value is -1.92. The lowest BCUT2D eigenvalue weighted by Gasteiger charge is -2.13. The van der Waals surface area contributed by atoms with Gasteiger partial charge in [-0.05, 0) is 18.2 Å². The van der Waals surface area contributed by atoms with Crippen LogP contribution in [-0.4, -0.2) is 45.6 Å². The van der Waals surface area contributed by atoms with Gasteiger partial charge in [0.05, 0.1) is 31.0 Å². The molecular formula is C11H13N3O3. The second kappa shape index (κ2) is 4.94. The summed E-state index contributed by atoms with van der Waals surface area (Å²) in [5, 5.41) is 27.7. The first kappa shape index (κ1) is 11.6. The summed E-state index contributed by atoms with van der Waals surface area (Å²) < 4.78 is 0. The number of rotatable bonds is 4. The Kier molecular flexibility index (Phi) is 3.36. The molecule has 1 amide bonds. The molecule has 0 saturated carbocycles. The van der Waals surface area contributed by atoms with Gasteiger partial charge in [0.2, 0.25) is 0 Å². The zero-order valence-electron chi connectivity index (χ0n) is 9.05. The number of hydrogen-bond donors (Lipinski definition) is 4. The van der Waals surface area contributed by atoms with Gasteiger partial charge >= 0.3 is 0 Å². The molecule has 2 rings (SSSR count). The molecule has 6 heteroatoms. The predicted octanol–water partition coefficient (Wildman–Crippen LogP) is -0.354. The van der Waals surface area contributed by atoms with Gasteiger partial charge in [0, 0.05) is 10.9 Å². The largest absolute Gasteiger partial charge is 0.394 e. The van der Waals surface area contributed by atoms with Crippen molar-refractivity contribution in [1.29, 1.82) is 0 Å². The standard InChI is InChI=1S/C11H13N3O3/c15-5-9(6-16)13-11(17)7-1-2-10-8(3-7)4-12-14-10/h1-4,9,15-16H,5-6H2,(H,12,14)(H,13,17). The van der Waals surface area contributed by atoms with Crippen molar-refractivity contribution in [3.8, 4) is 0 Å². The van der Waals surface area contributed by atoms with Crippen LogP contribution in [0.15, 0.2) is 24.4 Å². The van der Waals surface area contributed by atoms with E-state index in [1.165, 1.54) is 0 Å². The van der Waals surface area contributed by atoms with Gasteiger partial charge in [-0.2, -0.15) is 5.10 Å². The normalized spacial score (nSPS) is 11.0. The van der Waals surface area contributed by atoms with E-state index in [9.17, 15) is 4.79 Å². The van der Waals surface area contributed by atoms with Gasteiger partial charge in [-0.25, -0.2) is 0 Å². The van der Waals surface area contributed by atoms with Crippen LogP contribution in [0.5, 0.6) is 0 Å². The molecule has 6 nitrogen and oxygen atoms in total. The lowest BCUT2D eigenvalue weighted by atomic mass is 10.1. The van der Waals surface area contributed by atoms with Crippen LogP contribution in [0.3, 0.4) is 0 Å². The van der Waals surface area contributed by atoms with Crippen LogP contribution < -0.4 is 5.32 Å². The first-order valence-electron chi connectivity index (χ1n) is 5.20. The highest BCUT2D eigenvalue weighted by Crippen LogP contribution is 2.12. The third-order valence-electron chi connectivity index (χ3n) is 2.48. The third-order valence-corrected chi connectivity index (χ3v) is 2.48. The van der Waals surface area contributed by atoms with E-state index in [0.717, 1.165) is 10.9 Å². The molecule has 4 N–H and O–H groups in total. The average Bonchev–Trinajstić information content (AvgIpc) is 2.82. The smallest absolute Gasteiger partial charge is 0.251 e. The first-order chi connectivity index (χ1) is 8.24. The Balaban J connectivity index is 2.18. The molecular weight excluding hydrogens is 222 g/mol. The Morgan fingerprint density at radius 1 is 1.41 bits per heavy atom. The summed E-state index contributed by atoms with van der Waals surface area (Å²) in [6.45, 7) is -0.591. The van der Waals surface area contributed by atoms with E-state index in [-0.39, 0.29) is 19.1 Å². The Morgan fingerprint density at radius 3 is 2.88 bits per heavy atom. The number of hydrogen-bond acceptors (Lipinski definition) is 4. The van der Waals surface area contributed by atoms with Gasteiger partial charge in [0.1, 0.15) is 0 Å². The van der Waals surface area contributed by atoms with Crippen LogP contribution in [0.1, 0.15) is 10.4 Å². The maximum absolute atomic E-state index is 11.8. The number of aromatic nitrogens is 2. The maximum atomic E-state index is 11.8. The number of nitrogens with one attached hydrogen (secondary N) is 2. The topological polar surface area (TPSA) is 98.2 Å². The van der Waals surface area contributed by atoms with Crippen LogP contribution >= 0.6 is 0 Å². The second-order valence-corrected chi connectivity index (χ2v) is 3.71. The monoisotopic (exact) mass is 235 g/mol. The highest BCUT2D eigenvalue weighted by molar-refractivity contribution is 5.97. The van der Waals surface area contributed by atoms with E-state index in [4.69, 9.17) is 10.2 Å². The van der Waals surface area contributed by atoms with E-state index >= 15 is 0 Å². The molecule has 0 saturated heterocycles. The third kappa shape index (κ3) is 2.43. The molecule has 1 heterocycles. The molecule has 90 valence electrons. The molecule has 17 heavy (non-hydrogen) atoms. The Labute approximate surface area is 97.3 Å². The summed E-state index contributed by atoms with van der Waals surface area (Å²) >= 11 is 0. The molecule has 0 radical (unpaired) electrons.